The number of anilines is 1. The number of nitrogens with two attached hydrogens (primary N) is 1. The van der Waals surface area contributed by atoms with E-state index in [4.69, 9.17) is 5.73 Å². The summed E-state index contributed by atoms with van der Waals surface area (Å²) in [6, 6.07) is 7.47. The maximum atomic E-state index is 12.1. The summed E-state index contributed by atoms with van der Waals surface area (Å²) in [5, 5.41) is 9.87. The van der Waals surface area contributed by atoms with Crippen LogP contribution >= 0.6 is 0 Å². The van der Waals surface area contributed by atoms with Crippen molar-refractivity contribution in [3.8, 4) is 11.4 Å². The average Bonchev–Trinajstić information content (AvgIpc) is 3.22. The summed E-state index contributed by atoms with van der Waals surface area (Å²) in [7, 11) is 0. The fourth-order valence-corrected chi connectivity index (χ4v) is 2.36. The molecule has 1 amide bonds. The number of carbonyl (C=O) groups is 1. The summed E-state index contributed by atoms with van der Waals surface area (Å²) < 4.78 is 0. The lowest BCUT2D eigenvalue weighted by molar-refractivity contribution is -0.116. The molecule has 1 atom stereocenters. The van der Waals surface area contributed by atoms with Crippen molar-refractivity contribution in [3.63, 3.8) is 0 Å². The van der Waals surface area contributed by atoms with Gasteiger partial charge in [0.25, 0.3) is 0 Å². The highest BCUT2D eigenvalue weighted by Crippen LogP contribution is 2.33. The highest BCUT2D eigenvalue weighted by Gasteiger charge is 2.29. The number of rotatable bonds is 5. The van der Waals surface area contributed by atoms with Gasteiger partial charge in [0, 0.05) is 18.0 Å². The van der Waals surface area contributed by atoms with Gasteiger partial charge in [-0.1, -0.05) is 12.1 Å². The molecule has 1 fully saturated rings. The highest BCUT2D eigenvalue weighted by molar-refractivity contribution is 5.95. The lowest BCUT2D eigenvalue weighted by atomic mass is 10.1. The first-order valence-electron chi connectivity index (χ1n) is 7.17. The number of hydrogen-bond acceptors (Lipinski definition) is 4. The number of carbonyl (C=O) groups excluding carboxylic acids is 1. The molecule has 0 saturated heterocycles. The minimum atomic E-state index is -0.0610. The van der Waals surface area contributed by atoms with E-state index in [0.29, 0.717) is 23.9 Å². The fraction of sp³-hybridized carbons (Fsp3) is 0.400. The second-order valence-corrected chi connectivity index (χ2v) is 5.54. The predicted octanol–water partition coefficient (Wildman–Crippen LogP) is 1.85. The van der Waals surface area contributed by atoms with Crippen LogP contribution in [0.5, 0.6) is 0 Å². The summed E-state index contributed by atoms with van der Waals surface area (Å²) in [6.45, 7) is 1.84. The number of aryl methyl sites for hydroxylation is 1. The number of para-hydroxylation sites is 1. The molecule has 21 heavy (non-hydrogen) atoms. The van der Waals surface area contributed by atoms with E-state index in [1.165, 1.54) is 0 Å². The quantitative estimate of drug-likeness (QED) is 0.781. The van der Waals surface area contributed by atoms with Crippen molar-refractivity contribution in [2.75, 3.05) is 5.32 Å². The normalized spacial score (nSPS) is 15.7. The molecule has 110 valence electrons. The van der Waals surface area contributed by atoms with E-state index in [0.717, 1.165) is 24.2 Å². The van der Waals surface area contributed by atoms with Crippen molar-refractivity contribution in [3.05, 3.63) is 30.1 Å². The monoisotopic (exact) mass is 285 g/mol. The van der Waals surface area contributed by atoms with Gasteiger partial charge < -0.3 is 11.1 Å². The van der Waals surface area contributed by atoms with Gasteiger partial charge >= 0.3 is 0 Å². The Hall–Kier alpha value is -2.21. The topological polar surface area (TPSA) is 96.7 Å². The molecule has 6 heteroatoms. The molecule has 2 aromatic rings. The molecule has 3 rings (SSSR count). The molecule has 1 aromatic carbocycles. The highest BCUT2D eigenvalue weighted by atomic mass is 16.1. The minimum Gasteiger partial charge on any atom is -0.327 e. The molecule has 0 aliphatic heterocycles. The zero-order valence-corrected chi connectivity index (χ0v) is 12.0. The van der Waals surface area contributed by atoms with Gasteiger partial charge in [-0.25, -0.2) is 4.98 Å². The lowest BCUT2D eigenvalue weighted by Gasteiger charge is -2.12. The number of amides is 1. The van der Waals surface area contributed by atoms with Gasteiger partial charge in [-0.3, -0.25) is 9.89 Å². The third-order valence-corrected chi connectivity index (χ3v) is 3.69. The van der Waals surface area contributed by atoms with E-state index in [1.54, 1.807) is 0 Å². The maximum Gasteiger partial charge on any atom is 0.225 e. The number of benzene rings is 1. The smallest absolute Gasteiger partial charge is 0.225 e. The van der Waals surface area contributed by atoms with Crippen LogP contribution in [0.15, 0.2) is 24.3 Å². The number of hydrogen-bond donors (Lipinski definition) is 3. The first-order valence-corrected chi connectivity index (χ1v) is 7.17. The summed E-state index contributed by atoms with van der Waals surface area (Å²) in [5.41, 5.74) is 7.51. The van der Waals surface area contributed by atoms with Crippen LogP contribution in [0.3, 0.4) is 0 Å². The van der Waals surface area contributed by atoms with Crippen LogP contribution < -0.4 is 11.1 Å². The van der Waals surface area contributed by atoms with E-state index in [2.05, 4.69) is 20.5 Å². The van der Waals surface area contributed by atoms with E-state index in [9.17, 15) is 4.79 Å². The Morgan fingerprint density at radius 1 is 1.48 bits per heavy atom. The Morgan fingerprint density at radius 2 is 2.24 bits per heavy atom. The first kappa shape index (κ1) is 13.8. The average molecular weight is 285 g/mol. The molecule has 1 heterocycles. The van der Waals surface area contributed by atoms with E-state index < -0.39 is 0 Å². The molecule has 6 nitrogen and oxygen atoms in total. The molecule has 0 bridgehead atoms. The Balaban J connectivity index is 1.74. The third-order valence-electron chi connectivity index (χ3n) is 3.69. The summed E-state index contributed by atoms with van der Waals surface area (Å²) in [6.07, 6.45) is 2.63. The van der Waals surface area contributed by atoms with Gasteiger partial charge in [-0.2, -0.15) is 5.10 Å². The molecular formula is C15H19N5O. The van der Waals surface area contributed by atoms with Gasteiger partial charge in [0.1, 0.15) is 5.82 Å². The van der Waals surface area contributed by atoms with E-state index in [-0.39, 0.29) is 11.9 Å². The zero-order chi connectivity index (χ0) is 14.8. The Kier molecular flexibility index (Phi) is 3.70. The molecule has 1 saturated carbocycles. The second kappa shape index (κ2) is 5.65. The molecule has 1 unspecified atom stereocenters. The third kappa shape index (κ3) is 3.28. The van der Waals surface area contributed by atoms with Crippen LogP contribution in [-0.2, 0) is 4.79 Å². The SMILES string of the molecule is Cc1nc(-c2ccccc2NC(=O)CC(N)C2CC2)n[nH]1. The first-order chi connectivity index (χ1) is 10.1. The minimum absolute atomic E-state index is 0.0390. The second-order valence-electron chi connectivity index (χ2n) is 5.54. The van der Waals surface area contributed by atoms with Gasteiger partial charge in [0.05, 0.1) is 5.69 Å². The van der Waals surface area contributed by atoms with Gasteiger partial charge in [-0.05, 0) is 37.8 Å². The van der Waals surface area contributed by atoms with Gasteiger partial charge in [0.2, 0.25) is 5.91 Å². The number of H-pyrrole nitrogens is 1. The van der Waals surface area contributed by atoms with Crippen LogP contribution in [-0.4, -0.2) is 27.1 Å². The van der Waals surface area contributed by atoms with Gasteiger partial charge in [-0.15, -0.1) is 0 Å². The summed E-state index contributed by atoms with van der Waals surface area (Å²) in [4.78, 5) is 16.4. The number of aromatic amines is 1. The van der Waals surface area contributed by atoms with Crippen molar-refractivity contribution in [2.24, 2.45) is 11.7 Å². The summed E-state index contributed by atoms with van der Waals surface area (Å²) >= 11 is 0. The standard InChI is InChI=1S/C15H19N5O/c1-9-17-15(20-19-9)11-4-2-3-5-13(11)18-14(21)8-12(16)10-6-7-10/h2-5,10,12H,6-8,16H2,1H3,(H,18,21)(H,17,19,20). The molecule has 0 radical (unpaired) electrons. The Labute approximate surface area is 123 Å². The van der Waals surface area contributed by atoms with Crippen molar-refractivity contribution in [1.29, 1.82) is 0 Å². The molecule has 1 aliphatic rings. The van der Waals surface area contributed by atoms with Crippen molar-refractivity contribution in [2.45, 2.75) is 32.2 Å². The number of aromatic nitrogens is 3. The fourth-order valence-electron chi connectivity index (χ4n) is 2.36. The summed E-state index contributed by atoms with van der Waals surface area (Å²) in [5.74, 6) is 1.77. The zero-order valence-electron chi connectivity index (χ0n) is 12.0. The van der Waals surface area contributed by atoms with Crippen LogP contribution in [0, 0.1) is 12.8 Å². The van der Waals surface area contributed by atoms with Gasteiger partial charge in [0.15, 0.2) is 5.82 Å². The predicted molar refractivity (Wildman–Crippen MR) is 80.5 cm³/mol. The van der Waals surface area contributed by atoms with Crippen molar-refractivity contribution < 1.29 is 4.79 Å². The van der Waals surface area contributed by atoms with Crippen LogP contribution in [0.4, 0.5) is 5.69 Å². The number of nitrogens with one attached hydrogen (secondary N) is 2. The molecular weight excluding hydrogens is 266 g/mol. The lowest BCUT2D eigenvalue weighted by Crippen LogP contribution is -2.29. The van der Waals surface area contributed by atoms with Crippen molar-refractivity contribution >= 4 is 11.6 Å². The molecule has 1 aliphatic carbocycles. The van der Waals surface area contributed by atoms with E-state index >= 15 is 0 Å². The molecule has 0 spiro atoms. The molecule has 4 N–H and O–H groups in total. The maximum absolute atomic E-state index is 12.1. The van der Waals surface area contributed by atoms with Crippen LogP contribution in [0.2, 0.25) is 0 Å². The van der Waals surface area contributed by atoms with Crippen molar-refractivity contribution in [1.82, 2.24) is 15.2 Å². The van der Waals surface area contributed by atoms with Crippen LogP contribution in [0.25, 0.3) is 11.4 Å². The van der Waals surface area contributed by atoms with E-state index in [1.807, 2.05) is 31.2 Å². The van der Waals surface area contributed by atoms with Crippen LogP contribution in [0.1, 0.15) is 25.1 Å². The number of nitrogens with zero attached hydrogens (tertiary/aromatic N) is 2. The Morgan fingerprint density at radius 3 is 2.90 bits per heavy atom. The Bertz CT molecular complexity index is 647. The molecule has 1 aromatic heterocycles. The largest absolute Gasteiger partial charge is 0.327 e.